The minimum Gasteiger partial charge on any atom is -0.497 e. The number of aromatic nitrogens is 3. The molecular formula is C22H14N4O5S. The molecule has 0 aliphatic rings. The highest BCUT2D eigenvalue weighted by molar-refractivity contribution is 7.15. The van der Waals surface area contributed by atoms with E-state index in [9.17, 15) is 14.9 Å². The predicted molar refractivity (Wildman–Crippen MR) is 119 cm³/mol. The maximum atomic E-state index is 12.8. The summed E-state index contributed by atoms with van der Waals surface area (Å²) in [7, 11) is 1.59. The predicted octanol–water partition coefficient (Wildman–Crippen LogP) is 3.54. The van der Waals surface area contributed by atoms with Crippen LogP contribution in [0.4, 0.5) is 5.69 Å². The number of benzene rings is 2. The molecule has 0 saturated carbocycles. The zero-order chi connectivity index (χ0) is 22.2. The van der Waals surface area contributed by atoms with Gasteiger partial charge in [0.2, 0.25) is 4.96 Å². The highest BCUT2D eigenvalue weighted by Gasteiger charge is 2.13. The second-order valence-corrected chi connectivity index (χ2v) is 7.79. The monoisotopic (exact) mass is 446 g/mol. The van der Waals surface area contributed by atoms with Crippen molar-refractivity contribution in [1.82, 2.24) is 14.6 Å². The topological polar surface area (TPSA) is 113 Å². The number of nitrogens with zero attached hydrogens (tertiary/aromatic N) is 4. The van der Waals surface area contributed by atoms with E-state index in [1.54, 1.807) is 49.6 Å². The third-order valence-electron chi connectivity index (χ3n) is 4.77. The lowest BCUT2D eigenvalue weighted by Gasteiger charge is -1.99. The van der Waals surface area contributed by atoms with E-state index in [2.05, 4.69) is 10.1 Å². The molecule has 0 N–H and O–H groups in total. The maximum absolute atomic E-state index is 12.8. The largest absolute Gasteiger partial charge is 0.497 e. The summed E-state index contributed by atoms with van der Waals surface area (Å²) in [5, 5.41) is 15.3. The van der Waals surface area contributed by atoms with E-state index < -0.39 is 4.92 Å². The van der Waals surface area contributed by atoms with E-state index in [1.165, 1.54) is 28.0 Å². The number of nitro groups is 1. The van der Waals surface area contributed by atoms with E-state index in [0.717, 1.165) is 11.3 Å². The van der Waals surface area contributed by atoms with E-state index in [0.29, 0.717) is 32.4 Å². The van der Waals surface area contributed by atoms with Crippen molar-refractivity contribution in [1.29, 1.82) is 0 Å². The molecule has 0 atom stereocenters. The van der Waals surface area contributed by atoms with Crippen LogP contribution in [-0.2, 0) is 0 Å². The average Bonchev–Trinajstić information content (AvgIpc) is 3.51. The van der Waals surface area contributed by atoms with Gasteiger partial charge in [0.25, 0.3) is 11.2 Å². The number of furan rings is 1. The Balaban J connectivity index is 1.47. The van der Waals surface area contributed by atoms with Crippen LogP contribution in [0.2, 0.25) is 0 Å². The van der Waals surface area contributed by atoms with E-state index >= 15 is 0 Å². The standard InChI is InChI=1S/C22H14N4O5S/c1-30-16-7-5-13(6-8-16)20-23-22-25(24-20)21(27)19(32-22)12-17-9-10-18(31-17)14-3-2-4-15(11-14)26(28)29/h2-12H,1H3. The molecule has 5 aromatic rings. The Kier molecular flexibility index (Phi) is 4.75. The van der Waals surface area contributed by atoms with Gasteiger partial charge in [-0.15, -0.1) is 5.10 Å². The highest BCUT2D eigenvalue weighted by Crippen LogP contribution is 2.26. The summed E-state index contributed by atoms with van der Waals surface area (Å²) in [6.07, 6.45) is 1.61. The Bertz CT molecular complexity index is 1570. The van der Waals surface area contributed by atoms with Gasteiger partial charge in [-0.3, -0.25) is 14.9 Å². The van der Waals surface area contributed by atoms with Crippen molar-refractivity contribution in [2.45, 2.75) is 0 Å². The van der Waals surface area contributed by atoms with Gasteiger partial charge >= 0.3 is 0 Å². The Morgan fingerprint density at radius 2 is 1.94 bits per heavy atom. The molecular weight excluding hydrogens is 432 g/mol. The number of thiazole rings is 1. The molecule has 158 valence electrons. The number of hydrogen-bond donors (Lipinski definition) is 0. The van der Waals surface area contributed by atoms with Crippen LogP contribution in [0.25, 0.3) is 33.7 Å². The number of non-ortho nitro benzene ring substituents is 1. The molecule has 0 aliphatic heterocycles. The van der Waals surface area contributed by atoms with Crippen LogP contribution < -0.4 is 14.8 Å². The summed E-state index contributed by atoms with van der Waals surface area (Å²) in [4.78, 5) is 28.2. The Hall–Kier alpha value is -4.31. The number of rotatable bonds is 5. The lowest BCUT2D eigenvalue weighted by atomic mass is 10.1. The summed E-state index contributed by atoms with van der Waals surface area (Å²) < 4.78 is 12.6. The smallest absolute Gasteiger partial charge is 0.291 e. The van der Waals surface area contributed by atoms with E-state index in [-0.39, 0.29) is 11.2 Å². The molecule has 3 heterocycles. The highest BCUT2D eigenvalue weighted by atomic mass is 32.1. The first-order valence-corrected chi connectivity index (χ1v) is 10.2. The van der Waals surface area contributed by atoms with Gasteiger partial charge in [-0.25, -0.2) is 0 Å². The van der Waals surface area contributed by atoms with Crippen LogP contribution >= 0.6 is 11.3 Å². The second kappa shape index (κ2) is 7.75. The first-order valence-electron chi connectivity index (χ1n) is 9.42. The van der Waals surface area contributed by atoms with Gasteiger partial charge in [0.05, 0.1) is 12.0 Å². The van der Waals surface area contributed by atoms with Gasteiger partial charge in [-0.2, -0.15) is 9.50 Å². The number of fused-ring (bicyclic) bond motifs is 1. The molecule has 3 aromatic heterocycles. The molecule has 0 spiro atoms. The molecule has 5 rings (SSSR count). The summed E-state index contributed by atoms with van der Waals surface area (Å²) in [5.41, 5.74) is 1.03. The van der Waals surface area contributed by atoms with E-state index in [4.69, 9.17) is 9.15 Å². The van der Waals surface area contributed by atoms with Crippen molar-refractivity contribution in [2.75, 3.05) is 7.11 Å². The average molecular weight is 446 g/mol. The van der Waals surface area contributed by atoms with Crippen LogP contribution in [0.3, 0.4) is 0 Å². The zero-order valence-corrected chi connectivity index (χ0v) is 17.4. The molecule has 32 heavy (non-hydrogen) atoms. The van der Waals surface area contributed by atoms with Gasteiger partial charge in [-0.1, -0.05) is 23.5 Å². The summed E-state index contributed by atoms with van der Waals surface area (Å²) in [6, 6.07) is 16.8. The van der Waals surface area contributed by atoms with Crippen LogP contribution in [-0.4, -0.2) is 26.6 Å². The molecule has 0 saturated heterocycles. The molecule has 10 heteroatoms. The minimum atomic E-state index is -0.461. The van der Waals surface area contributed by atoms with Crippen LogP contribution in [0.1, 0.15) is 5.76 Å². The van der Waals surface area contributed by atoms with Crippen molar-refractivity contribution in [2.24, 2.45) is 0 Å². The second-order valence-electron chi connectivity index (χ2n) is 6.78. The fourth-order valence-electron chi connectivity index (χ4n) is 3.18. The number of hydrogen-bond acceptors (Lipinski definition) is 8. The molecule has 0 bridgehead atoms. The lowest BCUT2D eigenvalue weighted by Crippen LogP contribution is -2.23. The normalized spacial score (nSPS) is 11.8. The Morgan fingerprint density at radius 1 is 1.12 bits per heavy atom. The third kappa shape index (κ3) is 3.52. The lowest BCUT2D eigenvalue weighted by molar-refractivity contribution is -0.384. The van der Waals surface area contributed by atoms with Gasteiger partial charge in [-0.05, 0) is 36.4 Å². The van der Waals surface area contributed by atoms with Crippen molar-refractivity contribution in [3.63, 3.8) is 0 Å². The zero-order valence-electron chi connectivity index (χ0n) is 16.6. The third-order valence-corrected chi connectivity index (χ3v) is 5.73. The Labute approximate surface area is 184 Å². The number of nitro benzene ring substituents is 1. The van der Waals surface area contributed by atoms with Crippen molar-refractivity contribution >= 4 is 28.1 Å². The summed E-state index contributed by atoms with van der Waals surface area (Å²) in [5.74, 6) is 2.09. The van der Waals surface area contributed by atoms with E-state index in [1.807, 2.05) is 12.1 Å². The quantitative estimate of drug-likeness (QED) is 0.300. The Morgan fingerprint density at radius 3 is 2.66 bits per heavy atom. The fourth-order valence-corrected chi connectivity index (χ4v) is 4.07. The fraction of sp³-hybridized carbons (Fsp3) is 0.0455. The summed E-state index contributed by atoms with van der Waals surface area (Å²) >= 11 is 1.20. The van der Waals surface area contributed by atoms with Crippen LogP contribution in [0.5, 0.6) is 5.75 Å². The molecule has 0 aliphatic carbocycles. The maximum Gasteiger partial charge on any atom is 0.291 e. The molecule has 0 radical (unpaired) electrons. The molecule has 0 unspecified atom stereocenters. The van der Waals surface area contributed by atoms with Crippen LogP contribution in [0, 0.1) is 10.1 Å². The van der Waals surface area contributed by atoms with Gasteiger partial charge in [0.15, 0.2) is 5.82 Å². The molecule has 9 nitrogen and oxygen atoms in total. The molecule has 0 fully saturated rings. The van der Waals surface area contributed by atoms with Gasteiger partial charge in [0.1, 0.15) is 21.8 Å². The molecule has 0 amide bonds. The first kappa shape index (κ1) is 19.6. The van der Waals surface area contributed by atoms with Gasteiger partial charge in [0, 0.05) is 29.3 Å². The summed E-state index contributed by atoms with van der Waals surface area (Å²) in [6.45, 7) is 0. The van der Waals surface area contributed by atoms with Crippen molar-refractivity contribution in [3.05, 3.63) is 91.4 Å². The SMILES string of the molecule is COc1ccc(-c2nc3sc(=Cc4ccc(-c5cccc([N+](=O)[O-])c5)o4)c(=O)n3n2)cc1. The van der Waals surface area contributed by atoms with Gasteiger partial charge < -0.3 is 9.15 Å². The molecule has 2 aromatic carbocycles. The van der Waals surface area contributed by atoms with Crippen molar-refractivity contribution < 1.29 is 14.1 Å². The number of methoxy groups -OCH3 is 1. The first-order chi connectivity index (χ1) is 15.5. The minimum absolute atomic E-state index is 0.0236. The number of ether oxygens (including phenoxy) is 1. The van der Waals surface area contributed by atoms with Crippen molar-refractivity contribution in [3.8, 4) is 28.5 Å². The van der Waals surface area contributed by atoms with Crippen LogP contribution in [0.15, 0.2) is 69.9 Å².